The van der Waals surface area contributed by atoms with Crippen molar-refractivity contribution < 1.29 is 4.92 Å². The lowest BCUT2D eigenvalue weighted by Gasteiger charge is -2.08. The van der Waals surface area contributed by atoms with Crippen molar-refractivity contribution in [1.82, 2.24) is 10.2 Å². The zero-order valence-electron chi connectivity index (χ0n) is 10.2. The number of hydrogen-bond donors (Lipinski definition) is 2. The highest BCUT2D eigenvalue weighted by molar-refractivity contribution is 5.57. The fourth-order valence-electron chi connectivity index (χ4n) is 1.66. The minimum atomic E-state index is -0.395. The monoisotopic (exact) mass is 246 g/mol. The first-order valence-corrected chi connectivity index (χ1v) is 5.55. The lowest BCUT2D eigenvalue weighted by Crippen LogP contribution is -2.02. The van der Waals surface area contributed by atoms with Crippen LogP contribution in [0, 0.1) is 24.0 Å². The molecule has 0 aliphatic heterocycles. The highest BCUT2D eigenvalue weighted by atomic mass is 16.6. The van der Waals surface area contributed by atoms with E-state index in [0.29, 0.717) is 6.54 Å². The number of aromatic nitrogens is 2. The molecule has 0 aliphatic rings. The van der Waals surface area contributed by atoms with E-state index in [0.717, 1.165) is 22.5 Å². The maximum atomic E-state index is 10.7. The zero-order chi connectivity index (χ0) is 13.1. The van der Waals surface area contributed by atoms with Gasteiger partial charge in [0.05, 0.1) is 11.1 Å². The van der Waals surface area contributed by atoms with Crippen LogP contribution in [-0.2, 0) is 6.54 Å². The van der Waals surface area contributed by atoms with Crippen molar-refractivity contribution in [1.29, 1.82) is 0 Å². The predicted molar refractivity (Wildman–Crippen MR) is 68.5 cm³/mol. The Morgan fingerprint density at radius 1 is 1.44 bits per heavy atom. The number of nitrogens with one attached hydrogen (secondary N) is 2. The van der Waals surface area contributed by atoms with Crippen molar-refractivity contribution in [2.45, 2.75) is 20.4 Å². The molecule has 0 atom stereocenters. The van der Waals surface area contributed by atoms with E-state index in [4.69, 9.17) is 0 Å². The summed E-state index contributed by atoms with van der Waals surface area (Å²) < 4.78 is 0. The summed E-state index contributed by atoms with van der Waals surface area (Å²) in [6.45, 7) is 4.43. The quantitative estimate of drug-likeness (QED) is 0.641. The molecule has 0 unspecified atom stereocenters. The first kappa shape index (κ1) is 12.1. The van der Waals surface area contributed by atoms with Gasteiger partial charge in [-0.3, -0.25) is 15.2 Å². The number of nitro benzene ring substituents is 1. The van der Waals surface area contributed by atoms with Gasteiger partial charge < -0.3 is 5.32 Å². The van der Waals surface area contributed by atoms with E-state index < -0.39 is 4.92 Å². The lowest BCUT2D eigenvalue weighted by atomic mass is 10.1. The molecule has 0 fully saturated rings. The number of anilines is 1. The van der Waals surface area contributed by atoms with Crippen molar-refractivity contribution in [2.24, 2.45) is 0 Å². The number of aryl methyl sites for hydroxylation is 2. The van der Waals surface area contributed by atoms with Crippen molar-refractivity contribution >= 4 is 11.4 Å². The molecule has 6 nitrogen and oxygen atoms in total. The zero-order valence-corrected chi connectivity index (χ0v) is 10.2. The largest absolute Gasteiger partial charge is 0.380 e. The fourth-order valence-corrected chi connectivity index (χ4v) is 1.66. The number of nitro groups is 1. The van der Waals surface area contributed by atoms with Crippen molar-refractivity contribution in [3.05, 3.63) is 51.3 Å². The number of non-ortho nitro benzene ring substituents is 1. The molecular weight excluding hydrogens is 232 g/mol. The van der Waals surface area contributed by atoms with Gasteiger partial charge in [0.25, 0.3) is 5.69 Å². The number of hydrogen-bond acceptors (Lipinski definition) is 4. The van der Waals surface area contributed by atoms with Crippen LogP contribution in [0.2, 0.25) is 0 Å². The molecule has 6 heteroatoms. The number of rotatable bonds is 4. The number of benzene rings is 1. The summed E-state index contributed by atoms with van der Waals surface area (Å²) in [4.78, 5) is 10.3. The normalized spacial score (nSPS) is 10.3. The summed E-state index contributed by atoms with van der Waals surface area (Å²) in [5, 5.41) is 20.7. The Morgan fingerprint density at radius 3 is 2.83 bits per heavy atom. The second-order valence-electron chi connectivity index (χ2n) is 4.13. The van der Waals surface area contributed by atoms with Gasteiger partial charge in [-0.25, -0.2) is 0 Å². The van der Waals surface area contributed by atoms with Crippen LogP contribution in [0.15, 0.2) is 24.4 Å². The molecule has 1 heterocycles. The van der Waals surface area contributed by atoms with Gasteiger partial charge in [-0.2, -0.15) is 5.10 Å². The number of nitrogens with zero attached hydrogens (tertiary/aromatic N) is 2. The molecule has 2 N–H and O–H groups in total. The Bertz CT molecular complexity index is 577. The molecule has 0 radical (unpaired) electrons. The van der Waals surface area contributed by atoms with Gasteiger partial charge in [-0.1, -0.05) is 6.07 Å². The molecule has 18 heavy (non-hydrogen) atoms. The minimum absolute atomic E-state index is 0.0898. The molecule has 1 aromatic carbocycles. The van der Waals surface area contributed by atoms with E-state index in [-0.39, 0.29) is 5.69 Å². The summed E-state index contributed by atoms with van der Waals surface area (Å²) in [5.74, 6) is 0. The molecule has 0 bridgehead atoms. The van der Waals surface area contributed by atoms with Gasteiger partial charge in [0, 0.05) is 35.6 Å². The summed E-state index contributed by atoms with van der Waals surface area (Å²) in [5.41, 5.74) is 3.87. The fraction of sp³-hybridized carbons (Fsp3) is 0.250. The Labute approximate surface area is 104 Å². The second kappa shape index (κ2) is 4.87. The molecule has 2 rings (SSSR count). The molecule has 2 aromatic rings. The molecule has 0 amide bonds. The van der Waals surface area contributed by atoms with Crippen molar-refractivity contribution in [3.63, 3.8) is 0 Å². The standard InChI is InChI=1S/C12H14N4O2/c1-8-3-4-11(16(17)18)5-12(8)13-6-10-7-14-15-9(10)2/h3-5,7,13H,6H2,1-2H3,(H,14,15). The van der Waals surface area contributed by atoms with E-state index in [1.165, 1.54) is 6.07 Å². The van der Waals surface area contributed by atoms with Gasteiger partial charge in [-0.15, -0.1) is 0 Å². The summed E-state index contributed by atoms with van der Waals surface area (Å²) in [6.07, 6.45) is 1.75. The third-order valence-corrected chi connectivity index (χ3v) is 2.84. The second-order valence-corrected chi connectivity index (χ2v) is 4.13. The minimum Gasteiger partial charge on any atom is -0.380 e. The highest BCUT2D eigenvalue weighted by Crippen LogP contribution is 2.22. The first-order valence-electron chi connectivity index (χ1n) is 5.55. The Kier molecular flexibility index (Phi) is 3.27. The van der Waals surface area contributed by atoms with E-state index >= 15 is 0 Å². The van der Waals surface area contributed by atoms with Gasteiger partial charge in [0.1, 0.15) is 0 Å². The first-order chi connectivity index (χ1) is 8.58. The van der Waals surface area contributed by atoms with Crippen molar-refractivity contribution in [3.8, 4) is 0 Å². The summed E-state index contributed by atoms with van der Waals surface area (Å²) in [6, 6.07) is 4.79. The average molecular weight is 246 g/mol. The molecule has 1 aromatic heterocycles. The highest BCUT2D eigenvalue weighted by Gasteiger charge is 2.09. The topological polar surface area (TPSA) is 83.8 Å². The Hall–Kier alpha value is -2.37. The van der Waals surface area contributed by atoms with Crippen LogP contribution in [0.1, 0.15) is 16.8 Å². The number of aromatic amines is 1. The van der Waals surface area contributed by atoms with E-state index in [1.54, 1.807) is 18.3 Å². The van der Waals surface area contributed by atoms with Crippen LogP contribution in [0.5, 0.6) is 0 Å². The van der Waals surface area contributed by atoms with Gasteiger partial charge in [0.15, 0.2) is 0 Å². The molecule has 0 aliphatic carbocycles. The van der Waals surface area contributed by atoms with Crippen LogP contribution < -0.4 is 5.32 Å². The maximum Gasteiger partial charge on any atom is 0.271 e. The van der Waals surface area contributed by atoms with Crippen LogP contribution in [0.25, 0.3) is 0 Å². The van der Waals surface area contributed by atoms with Crippen LogP contribution >= 0.6 is 0 Å². The van der Waals surface area contributed by atoms with Crippen molar-refractivity contribution in [2.75, 3.05) is 5.32 Å². The van der Waals surface area contributed by atoms with E-state index in [1.807, 2.05) is 13.8 Å². The van der Waals surface area contributed by atoms with E-state index in [9.17, 15) is 10.1 Å². The third-order valence-electron chi connectivity index (χ3n) is 2.84. The Morgan fingerprint density at radius 2 is 2.22 bits per heavy atom. The molecule has 0 spiro atoms. The van der Waals surface area contributed by atoms with Crippen LogP contribution in [-0.4, -0.2) is 15.1 Å². The van der Waals surface area contributed by atoms with Crippen LogP contribution in [0.4, 0.5) is 11.4 Å². The lowest BCUT2D eigenvalue weighted by molar-refractivity contribution is -0.384. The predicted octanol–water partition coefficient (Wildman–Crippen LogP) is 2.55. The molecule has 94 valence electrons. The molecule has 0 saturated carbocycles. The average Bonchev–Trinajstić information content (AvgIpc) is 2.73. The maximum absolute atomic E-state index is 10.7. The molecular formula is C12H14N4O2. The third kappa shape index (κ3) is 2.48. The Balaban J connectivity index is 2.16. The molecule has 0 saturated heterocycles. The number of H-pyrrole nitrogens is 1. The van der Waals surface area contributed by atoms with Gasteiger partial charge in [-0.05, 0) is 19.4 Å². The van der Waals surface area contributed by atoms with Crippen LogP contribution in [0.3, 0.4) is 0 Å². The smallest absolute Gasteiger partial charge is 0.271 e. The van der Waals surface area contributed by atoms with Gasteiger partial charge in [0.2, 0.25) is 0 Å². The summed E-state index contributed by atoms with van der Waals surface area (Å²) >= 11 is 0. The van der Waals surface area contributed by atoms with Gasteiger partial charge >= 0.3 is 0 Å². The summed E-state index contributed by atoms with van der Waals surface area (Å²) in [7, 11) is 0. The SMILES string of the molecule is Cc1ccc([N+](=O)[O-])cc1NCc1cn[nH]c1C. The van der Waals surface area contributed by atoms with E-state index in [2.05, 4.69) is 15.5 Å².